The van der Waals surface area contributed by atoms with Crippen molar-refractivity contribution in [3.63, 3.8) is 0 Å². The summed E-state index contributed by atoms with van der Waals surface area (Å²) in [6, 6.07) is 5.66. The SMILES string of the molecule is Cc1ccc(NC(=O)NCCN2CCN(C(=O)OC(C)(C)C)CC2)cc1C. The molecule has 0 bridgehead atoms. The molecule has 1 fully saturated rings. The van der Waals surface area contributed by atoms with Crippen LogP contribution in [0.25, 0.3) is 0 Å². The molecular weight excluding hydrogens is 344 g/mol. The number of hydrogen-bond acceptors (Lipinski definition) is 4. The van der Waals surface area contributed by atoms with Crippen LogP contribution in [0.2, 0.25) is 0 Å². The Morgan fingerprint density at radius 3 is 2.33 bits per heavy atom. The molecule has 7 heteroatoms. The Bertz CT molecular complexity index is 662. The van der Waals surface area contributed by atoms with Crippen LogP contribution in [-0.2, 0) is 4.74 Å². The molecule has 3 amide bonds. The third kappa shape index (κ3) is 7.09. The summed E-state index contributed by atoms with van der Waals surface area (Å²) in [6.07, 6.45) is -0.256. The highest BCUT2D eigenvalue weighted by atomic mass is 16.6. The van der Waals surface area contributed by atoms with Crippen molar-refractivity contribution in [1.29, 1.82) is 0 Å². The molecular formula is C20H32N4O3. The zero-order valence-corrected chi connectivity index (χ0v) is 17.1. The number of nitrogens with zero attached hydrogens (tertiary/aromatic N) is 2. The van der Waals surface area contributed by atoms with Gasteiger partial charge in [-0.15, -0.1) is 0 Å². The van der Waals surface area contributed by atoms with Crippen LogP contribution in [-0.4, -0.2) is 66.8 Å². The number of aryl methyl sites for hydroxylation is 2. The van der Waals surface area contributed by atoms with Gasteiger partial charge >= 0.3 is 12.1 Å². The zero-order valence-electron chi connectivity index (χ0n) is 17.1. The van der Waals surface area contributed by atoms with Crippen molar-refractivity contribution in [3.05, 3.63) is 29.3 Å². The number of piperazine rings is 1. The molecule has 2 N–H and O–H groups in total. The van der Waals surface area contributed by atoms with Crippen LogP contribution in [0, 0.1) is 13.8 Å². The molecule has 0 aliphatic carbocycles. The molecule has 0 unspecified atom stereocenters. The summed E-state index contributed by atoms with van der Waals surface area (Å²) >= 11 is 0. The summed E-state index contributed by atoms with van der Waals surface area (Å²) in [5.41, 5.74) is 2.67. The van der Waals surface area contributed by atoms with E-state index >= 15 is 0 Å². The van der Waals surface area contributed by atoms with Crippen LogP contribution >= 0.6 is 0 Å². The highest BCUT2D eigenvalue weighted by molar-refractivity contribution is 5.89. The number of nitrogens with one attached hydrogen (secondary N) is 2. The highest BCUT2D eigenvalue weighted by Gasteiger charge is 2.25. The molecule has 1 aromatic carbocycles. The second-order valence-electron chi connectivity index (χ2n) is 7.99. The minimum atomic E-state index is -0.471. The molecule has 7 nitrogen and oxygen atoms in total. The van der Waals surface area contributed by atoms with Crippen molar-refractivity contribution in [2.45, 2.75) is 40.2 Å². The maximum absolute atomic E-state index is 12.1. The first-order chi connectivity index (χ1) is 12.6. The first-order valence-corrected chi connectivity index (χ1v) is 9.46. The third-order valence-electron chi connectivity index (χ3n) is 4.50. The van der Waals surface area contributed by atoms with E-state index in [1.54, 1.807) is 4.90 Å². The van der Waals surface area contributed by atoms with Gasteiger partial charge in [-0.3, -0.25) is 4.90 Å². The number of rotatable bonds is 4. The molecule has 0 spiro atoms. The third-order valence-corrected chi connectivity index (χ3v) is 4.50. The van der Waals surface area contributed by atoms with E-state index in [4.69, 9.17) is 4.74 Å². The van der Waals surface area contributed by atoms with Crippen LogP contribution < -0.4 is 10.6 Å². The molecule has 1 saturated heterocycles. The monoisotopic (exact) mass is 376 g/mol. The second kappa shape index (κ2) is 9.08. The van der Waals surface area contributed by atoms with Gasteiger partial charge in [-0.1, -0.05) is 6.07 Å². The van der Waals surface area contributed by atoms with Gasteiger partial charge in [0.1, 0.15) is 5.60 Å². The Morgan fingerprint density at radius 1 is 1.07 bits per heavy atom. The van der Waals surface area contributed by atoms with Gasteiger partial charge in [0, 0.05) is 45.0 Å². The minimum Gasteiger partial charge on any atom is -0.444 e. The first kappa shape index (κ1) is 21.0. The van der Waals surface area contributed by atoms with Gasteiger partial charge in [-0.05, 0) is 57.9 Å². The van der Waals surface area contributed by atoms with Crippen LogP contribution in [0.1, 0.15) is 31.9 Å². The van der Waals surface area contributed by atoms with Crippen molar-refractivity contribution in [2.24, 2.45) is 0 Å². The molecule has 2 rings (SSSR count). The number of ether oxygens (including phenoxy) is 1. The lowest BCUT2D eigenvalue weighted by Crippen LogP contribution is -2.51. The Balaban J connectivity index is 1.66. The second-order valence-corrected chi connectivity index (χ2v) is 7.99. The van der Waals surface area contributed by atoms with Gasteiger partial charge in [0.2, 0.25) is 0 Å². The molecule has 0 saturated carbocycles. The van der Waals surface area contributed by atoms with Crippen molar-refractivity contribution in [3.8, 4) is 0 Å². The van der Waals surface area contributed by atoms with E-state index in [2.05, 4.69) is 15.5 Å². The van der Waals surface area contributed by atoms with E-state index < -0.39 is 5.60 Å². The summed E-state index contributed by atoms with van der Waals surface area (Å²) < 4.78 is 5.40. The number of benzene rings is 1. The fourth-order valence-electron chi connectivity index (χ4n) is 2.80. The van der Waals surface area contributed by atoms with Gasteiger partial charge in [0.05, 0.1) is 0 Å². The maximum Gasteiger partial charge on any atom is 0.410 e. The van der Waals surface area contributed by atoms with Crippen LogP contribution in [0.15, 0.2) is 18.2 Å². The van der Waals surface area contributed by atoms with Crippen molar-refractivity contribution in [2.75, 3.05) is 44.6 Å². The van der Waals surface area contributed by atoms with E-state index in [-0.39, 0.29) is 12.1 Å². The summed E-state index contributed by atoms with van der Waals surface area (Å²) in [4.78, 5) is 28.0. The lowest BCUT2D eigenvalue weighted by Gasteiger charge is -2.35. The Kier molecular flexibility index (Phi) is 7.07. The zero-order chi connectivity index (χ0) is 20.0. The average Bonchev–Trinajstić information content (AvgIpc) is 2.57. The van der Waals surface area contributed by atoms with E-state index in [9.17, 15) is 9.59 Å². The number of urea groups is 1. The van der Waals surface area contributed by atoms with Crippen LogP contribution in [0.3, 0.4) is 0 Å². The molecule has 1 aliphatic heterocycles. The van der Waals surface area contributed by atoms with E-state index in [0.717, 1.165) is 30.9 Å². The predicted octanol–water partition coefficient (Wildman–Crippen LogP) is 2.98. The van der Waals surface area contributed by atoms with Gasteiger partial charge in [0.15, 0.2) is 0 Å². The summed E-state index contributed by atoms with van der Waals surface area (Å²) in [5, 5.41) is 5.73. The molecule has 0 aromatic heterocycles. The lowest BCUT2D eigenvalue weighted by molar-refractivity contribution is 0.0147. The largest absolute Gasteiger partial charge is 0.444 e. The standard InChI is InChI=1S/C20H32N4O3/c1-15-6-7-17(14-16(15)2)22-18(25)21-8-9-23-10-12-24(13-11-23)19(26)27-20(3,4)5/h6-7,14H,8-13H2,1-5H3,(H2,21,22,25). The van der Waals surface area contributed by atoms with Crippen LogP contribution in [0.4, 0.5) is 15.3 Å². The molecule has 1 aliphatic rings. The highest BCUT2D eigenvalue weighted by Crippen LogP contribution is 2.14. The number of amides is 3. The van der Waals surface area contributed by atoms with Crippen molar-refractivity contribution < 1.29 is 14.3 Å². The summed E-state index contributed by atoms with van der Waals surface area (Å²) in [6.45, 7) is 13.8. The topological polar surface area (TPSA) is 73.9 Å². The smallest absolute Gasteiger partial charge is 0.410 e. The van der Waals surface area contributed by atoms with E-state index in [1.807, 2.05) is 52.8 Å². The summed E-state index contributed by atoms with van der Waals surface area (Å²) in [5.74, 6) is 0. The molecule has 150 valence electrons. The molecule has 1 heterocycles. The van der Waals surface area contributed by atoms with Gasteiger partial charge in [-0.2, -0.15) is 0 Å². The number of hydrogen-bond donors (Lipinski definition) is 2. The number of carbonyl (C=O) groups is 2. The normalized spacial score (nSPS) is 15.4. The van der Waals surface area contributed by atoms with Gasteiger partial charge < -0.3 is 20.3 Å². The van der Waals surface area contributed by atoms with Gasteiger partial charge in [-0.25, -0.2) is 9.59 Å². The average molecular weight is 377 g/mol. The van der Waals surface area contributed by atoms with Crippen molar-refractivity contribution >= 4 is 17.8 Å². The molecule has 1 aromatic rings. The lowest BCUT2D eigenvalue weighted by atomic mass is 10.1. The van der Waals surface area contributed by atoms with Gasteiger partial charge in [0.25, 0.3) is 0 Å². The van der Waals surface area contributed by atoms with E-state index in [0.29, 0.717) is 19.6 Å². The Labute approximate surface area is 162 Å². The predicted molar refractivity (Wildman–Crippen MR) is 107 cm³/mol. The minimum absolute atomic E-state index is 0.203. The maximum atomic E-state index is 12.1. The van der Waals surface area contributed by atoms with Crippen molar-refractivity contribution in [1.82, 2.24) is 15.1 Å². The number of carbonyl (C=O) groups excluding carboxylic acids is 2. The Morgan fingerprint density at radius 2 is 1.74 bits per heavy atom. The molecule has 0 atom stereocenters. The quantitative estimate of drug-likeness (QED) is 0.847. The van der Waals surface area contributed by atoms with E-state index in [1.165, 1.54) is 5.56 Å². The van der Waals surface area contributed by atoms with Crippen LogP contribution in [0.5, 0.6) is 0 Å². The number of anilines is 1. The Hall–Kier alpha value is -2.28. The molecule has 27 heavy (non-hydrogen) atoms. The first-order valence-electron chi connectivity index (χ1n) is 9.46. The summed E-state index contributed by atoms with van der Waals surface area (Å²) in [7, 11) is 0. The fourth-order valence-corrected chi connectivity index (χ4v) is 2.80. The molecule has 0 radical (unpaired) electrons. The fraction of sp³-hybridized carbons (Fsp3) is 0.600.